The van der Waals surface area contributed by atoms with Gasteiger partial charge in [0, 0.05) is 6.61 Å². The Hall–Kier alpha value is -2.06. The summed E-state index contributed by atoms with van der Waals surface area (Å²) in [5.74, 6) is 1.09. The van der Waals surface area contributed by atoms with Gasteiger partial charge in [0.1, 0.15) is 17.4 Å². The molecule has 1 aliphatic carbocycles. The lowest BCUT2D eigenvalue weighted by Crippen LogP contribution is -2.45. The predicted molar refractivity (Wildman–Crippen MR) is 92.9 cm³/mol. The number of anilines is 1. The molecule has 130 valence electrons. The van der Waals surface area contributed by atoms with Crippen LogP contribution < -0.4 is 10.1 Å². The topological polar surface area (TPSA) is 71.3 Å². The third kappa shape index (κ3) is 4.27. The van der Waals surface area contributed by atoms with Crippen LogP contribution in [0.25, 0.3) is 0 Å². The number of amides is 1. The molecule has 1 atom stereocenters. The first-order valence-corrected chi connectivity index (χ1v) is 8.53. The predicted octanol–water partition coefficient (Wildman–Crippen LogP) is 3.74. The molecule has 1 aliphatic rings. The lowest BCUT2D eigenvalue weighted by Gasteiger charge is -2.28. The number of nitrogens with one attached hydrogen (secondary N) is 1. The molecule has 1 N–H and O–H groups in total. The van der Waals surface area contributed by atoms with Crippen molar-refractivity contribution >= 4 is 11.6 Å². The van der Waals surface area contributed by atoms with E-state index in [9.17, 15) is 10.1 Å². The summed E-state index contributed by atoms with van der Waals surface area (Å²) in [5, 5.41) is 12.2. The maximum atomic E-state index is 12.7. The van der Waals surface area contributed by atoms with E-state index < -0.39 is 5.60 Å². The average molecular weight is 330 g/mol. The van der Waals surface area contributed by atoms with Crippen molar-refractivity contribution in [2.24, 2.45) is 11.8 Å². The van der Waals surface area contributed by atoms with Crippen molar-refractivity contribution in [2.75, 3.05) is 18.5 Å². The van der Waals surface area contributed by atoms with Crippen LogP contribution in [-0.2, 0) is 9.53 Å². The number of hydrogen-bond donors (Lipinski definition) is 1. The van der Waals surface area contributed by atoms with Gasteiger partial charge in [0.05, 0.1) is 17.9 Å². The van der Waals surface area contributed by atoms with Gasteiger partial charge in [0.2, 0.25) is 0 Å². The second-order valence-corrected chi connectivity index (χ2v) is 6.79. The van der Waals surface area contributed by atoms with Gasteiger partial charge in [-0.3, -0.25) is 4.79 Å². The van der Waals surface area contributed by atoms with E-state index in [4.69, 9.17) is 9.47 Å². The number of nitrogens with zero attached hydrogens (tertiary/aromatic N) is 1. The Labute approximate surface area is 144 Å². The summed E-state index contributed by atoms with van der Waals surface area (Å²) in [7, 11) is 0. The van der Waals surface area contributed by atoms with Gasteiger partial charge in [0.15, 0.2) is 0 Å². The normalized spacial score (nSPS) is 16.3. The lowest BCUT2D eigenvalue weighted by atomic mass is 9.98. The minimum Gasteiger partial charge on any atom is -0.493 e. The number of rotatable bonds is 8. The zero-order valence-electron chi connectivity index (χ0n) is 14.9. The molecule has 0 radical (unpaired) electrons. The molecule has 0 bridgehead atoms. The molecule has 24 heavy (non-hydrogen) atoms. The quantitative estimate of drug-likeness (QED) is 0.788. The van der Waals surface area contributed by atoms with Crippen LogP contribution >= 0.6 is 0 Å². The molecule has 5 heteroatoms. The van der Waals surface area contributed by atoms with E-state index in [1.165, 1.54) is 0 Å². The maximum absolute atomic E-state index is 12.7. The van der Waals surface area contributed by atoms with Crippen LogP contribution in [0.5, 0.6) is 5.75 Å². The zero-order chi connectivity index (χ0) is 17.7. The molecule has 1 fully saturated rings. The molecule has 1 amide bonds. The minimum absolute atomic E-state index is 0.195. The first kappa shape index (κ1) is 18.3. The summed E-state index contributed by atoms with van der Waals surface area (Å²) >= 11 is 0. The van der Waals surface area contributed by atoms with Crippen LogP contribution in [0.4, 0.5) is 5.69 Å². The van der Waals surface area contributed by atoms with Gasteiger partial charge < -0.3 is 14.8 Å². The molecular formula is C19H26N2O3. The molecular weight excluding hydrogens is 304 g/mol. The van der Waals surface area contributed by atoms with Crippen molar-refractivity contribution in [3.63, 3.8) is 0 Å². The molecule has 0 spiro atoms. The minimum atomic E-state index is -0.839. The van der Waals surface area contributed by atoms with E-state index >= 15 is 0 Å². The van der Waals surface area contributed by atoms with Crippen LogP contribution in [0.15, 0.2) is 18.2 Å². The second kappa shape index (κ2) is 7.67. The van der Waals surface area contributed by atoms with Crippen molar-refractivity contribution in [3.8, 4) is 11.8 Å². The van der Waals surface area contributed by atoms with Gasteiger partial charge in [-0.25, -0.2) is 0 Å². The summed E-state index contributed by atoms with van der Waals surface area (Å²) in [5.41, 5.74) is 0.0408. The van der Waals surface area contributed by atoms with Crippen LogP contribution in [0, 0.1) is 23.2 Å². The summed E-state index contributed by atoms with van der Waals surface area (Å²) in [6.45, 7) is 8.90. The summed E-state index contributed by atoms with van der Waals surface area (Å²) < 4.78 is 11.4. The first-order chi connectivity index (χ1) is 11.4. The smallest absolute Gasteiger partial charge is 0.256 e. The SMILES string of the molecule is CCO[C@@](C)(C(=O)Nc1ccc(OCC(C)C)cc1C#N)C1CC1. The molecule has 0 unspecified atom stereocenters. The maximum Gasteiger partial charge on any atom is 0.256 e. The van der Waals surface area contributed by atoms with E-state index in [0.29, 0.717) is 36.1 Å². The Bertz CT molecular complexity index is 632. The summed E-state index contributed by atoms with van der Waals surface area (Å²) in [6.07, 6.45) is 1.99. The number of hydrogen-bond acceptors (Lipinski definition) is 4. The van der Waals surface area contributed by atoms with Gasteiger partial charge in [-0.05, 0) is 56.7 Å². The molecule has 1 aromatic rings. The standard InChI is InChI=1S/C19H26N2O3/c1-5-24-19(4,15-6-7-15)18(22)21-17-9-8-16(10-14(17)11-20)23-12-13(2)3/h8-10,13,15H,5-7,12H2,1-4H3,(H,21,22)/t19-/m1/s1. The Morgan fingerprint density at radius 2 is 2.17 bits per heavy atom. The molecule has 5 nitrogen and oxygen atoms in total. The third-order valence-electron chi connectivity index (χ3n) is 4.19. The van der Waals surface area contributed by atoms with E-state index in [0.717, 1.165) is 12.8 Å². The number of ether oxygens (including phenoxy) is 2. The Kier molecular flexibility index (Phi) is 5.84. The summed E-state index contributed by atoms with van der Waals surface area (Å²) in [4.78, 5) is 12.7. The highest BCUT2D eigenvalue weighted by Gasteiger charge is 2.48. The van der Waals surface area contributed by atoms with Crippen LogP contribution in [-0.4, -0.2) is 24.7 Å². The van der Waals surface area contributed by atoms with Crippen molar-refractivity contribution < 1.29 is 14.3 Å². The molecule has 2 rings (SSSR count). The van der Waals surface area contributed by atoms with Gasteiger partial charge in [-0.15, -0.1) is 0 Å². The highest BCUT2D eigenvalue weighted by atomic mass is 16.5. The first-order valence-electron chi connectivity index (χ1n) is 8.53. The van der Waals surface area contributed by atoms with Gasteiger partial charge in [-0.2, -0.15) is 5.26 Å². The Morgan fingerprint density at radius 3 is 2.71 bits per heavy atom. The number of nitriles is 1. The molecule has 1 saturated carbocycles. The molecule has 0 aliphatic heterocycles. The number of carbonyl (C=O) groups excluding carboxylic acids is 1. The van der Waals surface area contributed by atoms with Gasteiger partial charge >= 0.3 is 0 Å². The molecule has 0 saturated heterocycles. The van der Waals surface area contributed by atoms with Crippen LogP contribution in [0.3, 0.4) is 0 Å². The van der Waals surface area contributed by atoms with Crippen molar-refractivity contribution in [3.05, 3.63) is 23.8 Å². The number of benzene rings is 1. The van der Waals surface area contributed by atoms with E-state index in [1.54, 1.807) is 18.2 Å². The van der Waals surface area contributed by atoms with Crippen molar-refractivity contribution in [2.45, 2.75) is 46.1 Å². The van der Waals surface area contributed by atoms with E-state index in [1.807, 2.05) is 13.8 Å². The fourth-order valence-corrected chi connectivity index (χ4v) is 2.63. The fourth-order valence-electron chi connectivity index (χ4n) is 2.63. The second-order valence-electron chi connectivity index (χ2n) is 6.79. The zero-order valence-corrected chi connectivity index (χ0v) is 14.9. The fraction of sp³-hybridized carbons (Fsp3) is 0.579. The third-order valence-corrected chi connectivity index (χ3v) is 4.19. The van der Waals surface area contributed by atoms with Crippen LogP contribution in [0.2, 0.25) is 0 Å². The highest BCUT2D eigenvalue weighted by Crippen LogP contribution is 2.42. The average Bonchev–Trinajstić information content (AvgIpc) is 3.39. The van der Waals surface area contributed by atoms with Crippen molar-refractivity contribution in [1.29, 1.82) is 5.26 Å². The largest absolute Gasteiger partial charge is 0.493 e. The summed E-state index contributed by atoms with van der Waals surface area (Å²) in [6, 6.07) is 7.27. The Morgan fingerprint density at radius 1 is 1.46 bits per heavy atom. The highest BCUT2D eigenvalue weighted by molar-refractivity contribution is 5.98. The van der Waals surface area contributed by atoms with Crippen molar-refractivity contribution in [1.82, 2.24) is 0 Å². The monoisotopic (exact) mass is 330 g/mol. The molecule has 0 heterocycles. The van der Waals surface area contributed by atoms with Crippen LogP contribution in [0.1, 0.15) is 46.1 Å². The van der Waals surface area contributed by atoms with E-state index in [-0.39, 0.29) is 11.8 Å². The number of carbonyl (C=O) groups is 1. The van der Waals surface area contributed by atoms with E-state index in [2.05, 4.69) is 25.2 Å². The lowest BCUT2D eigenvalue weighted by molar-refractivity contribution is -0.141. The van der Waals surface area contributed by atoms with Gasteiger partial charge in [0.25, 0.3) is 5.91 Å². The Balaban J connectivity index is 2.13. The molecule has 1 aromatic carbocycles. The van der Waals surface area contributed by atoms with Gasteiger partial charge in [-0.1, -0.05) is 13.8 Å². The molecule has 0 aromatic heterocycles.